The van der Waals surface area contributed by atoms with Crippen LogP contribution < -0.4 is 5.32 Å². The molecule has 18 heavy (non-hydrogen) atoms. The van der Waals surface area contributed by atoms with Gasteiger partial charge >= 0.3 is 0 Å². The highest BCUT2D eigenvalue weighted by Gasteiger charge is 2.57. The Morgan fingerprint density at radius 2 is 1.94 bits per heavy atom. The minimum absolute atomic E-state index is 0.00301. The van der Waals surface area contributed by atoms with Crippen LogP contribution >= 0.6 is 0 Å². The Hall–Kier alpha value is -1.06. The van der Waals surface area contributed by atoms with Crippen molar-refractivity contribution >= 4 is 11.8 Å². The lowest BCUT2D eigenvalue weighted by Crippen LogP contribution is -2.46. The van der Waals surface area contributed by atoms with Crippen molar-refractivity contribution < 1.29 is 9.59 Å². The second kappa shape index (κ2) is 6.21. The average Bonchev–Trinajstić information content (AvgIpc) is 3.16. The number of nitrogens with one attached hydrogen (secondary N) is 1. The predicted octanol–water partition coefficient (Wildman–Crippen LogP) is 1.94. The molecule has 0 aromatic heterocycles. The maximum absolute atomic E-state index is 12.3. The molecular weight excluding hydrogens is 228 g/mol. The van der Waals surface area contributed by atoms with Crippen LogP contribution in [0.3, 0.4) is 0 Å². The van der Waals surface area contributed by atoms with Crippen molar-refractivity contribution in [1.82, 2.24) is 10.2 Å². The van der Waals surface area contributed by atoms with Crippen molar-refractivity contribution in [1.29, 1.82) is 0 Å². The van der Waals surface area contributed by atoms with Crippen LogP contribution in [0.1, 0.15) is 52.9 Å². The van der Waals surface area contributed by atoms with Crippen molar-refractivity contribution in [3.8, 4) is 0 Å². The molecule has 1 unspecified atom stereocenters. The van der Waals surface area contributed by atoms with Gasteiger partial charge in [-0.3, -0.25) is 9.59 Å². The molecule has 0 aromatic carbocycles. The zero-order valence-electron chi connectivity index (χ0n) is 12.1. The normalized spacial score (nSPS) is 18.0. The van der Waals surface area contributed by atoms with Gasteiger partial charge in [0.15, 0.2) is 0 Å². The highest BCUT2D eigenvalue weighted by atomic mass is 16.2. The molecule has 1 atom stereocenters. The third kappa shape index (κ3) is 3.24. The van der Waals surface area contributed by atoms with E-state index in [-0.39, 0.29) is 17.9 Å². The van der Waals surface area contributed by atoms with E-state index >= 15 is 0 Å². The topological polar surface area (TPSA) is 49.4 Å². The van der Waals surface area contributed by atoms with E-state index < -0.39 is 5.41 Å². The first kappa shape index (κ1) is 15.0. The molecule has 4 heteroatoms. The highest BCUT2D eigenvalue weighted by Crippen LogP contribution is 2.47. The van der Waals surface area contributed by atoms with Crippen molar-refractivity contribution in [2.75, 3.05) is 13.6 Å². The zero-order valence-corrected chi connectivity index (χ0v) is 12.1. The van der Waals surface area contributed by atoms with Gasteiger partial charge in [-0.1, -0.05) is 20.3 Å². The fourth-order valence-electron chi connectivity index (χ4n) is 1.99. The Balaban J connectivity index is 2.58. The van der Waals surface area contributed by atoms with E-state index in [0.717, 1.165) is 25.8 Å². The quantitative estimate of drug-likeness (QED) is 0.706. The SMILES string of the molecule is CCCCN(C)C(=O)C1(C(=O)NC(C)CC)CC1. The minimum atomic E-state index is -0.744. The highest BCUT2D eigenvalue weighted by molar-refractivity contribution is 6.07. The van der Waals surface area contributed by atoms with E-state index in [9.17, 15) is 9.59 Å². The number of hydrogen-bond acceptors (Lipinski definition) is 2. The maximum atomic E-state index is 12.3. The summed E-state index contributed by atoms with van der Waals surface area (Å²) in [5.41, 5.74) is -0.744. The number of amides is 2. The van der Waals surface area contributed by atoms with E-state index in [1.807, 2.05) is 13.8 Å². The van der Waals surface area contributed by atoms with Crippen LogP contribution in [0, 0.1) is 5.41 Å². The van der Waals surface area contributed by atoms with Gasteiger partial charge in [-0.2, -0.15) is 0 Å². The number of unbranched alkanes of at least 4 members (excludes halogenated alkanes) is 1. The number of nitrogens with zero attached hydrogens (tertiary/aromatic N) is 1. The summed E-state index contributed by atoms with van der Waals surface area (Å²) in [6.45, 7) is 6.84. The molecule has 2 amide bonds. The van der Waals surface area contributed by atoms with Gasteiger partial charge in [-0.05, 0) is 32.6 Å². The van der Waals surface area contributed by atoms with Gasteiger partial charge in [-0.15, -0.1) is 0 Å². The van der Waals surface area contributed by atoms with Crippen LogP contribution in [0.5, 0.6) is 0 Å². The number of carbonyl (C=O) groups is 2. The molecule has 1 saturated carbocycles. The Labute approximate surface area is 110 Å². The first-order valence-electron chi connectivity index (χ1n) is 7.04. The third-order valence-electron chi connectivity index (χ3n) is 3.78. The summed E-state index contributed by atoms with van der Waals surface area (Å²) in [5.74, 6) is -0.0815. The Bertz CT molecular complexity index is 311. The summed E-state index contributed by atoms with van der Waals surface area (Å²) in [7, 11) is 1.80. The molecule has 1 aliphatic carbocycles. The number of hydrogen-bond donors (Lipinski definition) is 1. The minimum Gasteiger partial charge on any atom is -0.353 e. The summed E-state index contributed by atoms with van der Waals surface area (Å²) < 4.78 is 0. The largest absolute Gasteiger partial charge is 0.353 e. The molecule has 0 spiro atoms. The van der Waals surface area contributed by atoms with Gasteiger partial charge in [-0.25, -0.2) is 0 Å². The lowest BCUT2D eigenvalue weighted by Gasteiger charge is -2.24. The first-order chi connectivity index (χ1) is 8.47. The second-order valence-electron chi connectivity index (χ2n) is 5.45. The summed E-state index contributed by atoms with van der Waals surface area (Å²) in [6.07, 6.45) is 4.34. The predicted molar refractivity (Wildman–Crippen MR) is 72.1 cm³/mol. The Morgan fingerprint density at radius 3 is 2.39 bits per heavy atom. The van der Waals surface area contributed by atoms with Crippen LogP contribution in [0.25, 0.3) is 0 Å². The van der Waals surface area contributed by atoms with Gasteiger partial charge in [0.25, 0.3) is 0 Å². The zero-order chi connectivity index (χ0) is 13.8. The molecule has 1 rings (SSSR count). The Kier molecular flexibility index (Phi) is 5.17. The molecule has 1 N–H and O–H groups in total. The fourth-order valence-corrected chi connectivity index (χ4v) is 1.99. The van der Waals surface area contributed by atoms with E-state index in [2.05, 4.69) is 12.2 Å². The molecule has 0 aliphatic heterocycles. The van der Waals surface area contributed by atoms with Crippen LogP contribution in [-0.4, -0.2) is 36.3 Å². The number of rotatable bonds is 7. The van der Waals surface area contributed by atoms with Gasteiger partial charge in [0.05, 0.1) is 0 Å². The van der Waals surface area contributed by atoms with Gasteiger partial charge in [0, 0.05) is 19.6 Å². The average molecular weight is 254 g/mol. The molecule has 1 fully saturated rings. The smallest absolute Gasteiger partial charge is 0.238 e. The fraction of sp³-hybridized carbons (Fsp3) is 0.857. The van der Waals surface area contributed by atoms with Gasteiger partial charge in [0.1, 0.15) is 5.41 Å². The molecular formula is C14H26N2O2. The van der Waals surface area contributed by atoms with Crippen molar-refractivity contribution in [2.24, 2.45) is 5.41 Å². The lowest BCUT2D eigenvalue weighted by molar-refractivity contribution is -0.143. The lowest BCUT2D eigenvalue weighted by atomic mass is 10.0. The summed E-state index contributed by atoms with van der Waals surface area (Å²) in [4.78, 5) is 26.2. The van der Waals surface area contributed by atoms with Crippen molar-refractivity contribution in [3.63, 3.8) is 0 Å². The molecule has 4 nitrogen and oxygen atoms in total. The van der Waals surface area contributed by atoms with Crippen LogP contribution in [0.4, 0.5) is 0 Å². The summed E-state index contributed by atoms with van der Waals surface area (Å²) >= 11 is 0. The van der Waals surface area contributed by atoms with Crippen LogP contribution in [0.15, 0.2) is 0 Å². The molecule has 0 heterocycles. The molecule has 1 aliphatic rings. The summed E-state index contributed by atoms with van der Waals surface area (Å²) in [6, 6.07) is 0.142. The molecule has 0 saturated heterocycles. The van der Waals surface area contributed by atoms with Crippen LogP contribution in [0.2, 0.25) is 0 Å². The van der Waals surface area contributed by atoms with E-state index in [0.29, 0.717) is 12.8 Å². The van der Waals surface area contributed by atoms with Crippen LogP contribution in [-0.2, 0) is 9.59 Å². The first-order valence-corrected chi connectivity index (χ1v) is 7.04. The maximum Gasteiger partial charge on any atom is 0.238 e. The number of carbonyl (C=O) groups excluding carboxylic acids is 2. The van der Waals surface area contributed by atoms with E-state index in [1.54, 1.807) is 11.9 Å². The van der Waals surface area contributed by atoms with Crippen molar-refractivity contribution in [3.05, 3.63) is 0 Å². The molecule has 0 radical (unpaired) electrons. The second-order valence-corrected chi connectivity index (χ2v) is 5.45. The van der Waals surface area contributed by atoms with Gasteiger partial charge in [0.2, 0.25) is 11.8 Å². The Morgan fingerprint density at radius 1 is 1.33 bits per heavy atom. The summed E-state index contributed by atoms with van der Waals surface area (Å²) in [5, 5.41) is 2.94. The molecule has 0 aromatic rings. The molecule has 0 bridgehead atoms. The third-order valence-corrected chi connectivity index (χ3v) is 3.78. The molecule has 104 valence electrons. The van der Waals surface area contributed by atoms with Crippen molar-refractivity contribution in [2.45, 2.75) is 58.9 Å². The monoisotopic (exact) mass is 254 g/mol. The van der Waals surface area contributed by atoms with E-state index in [4.69, 9.17) is 0 Å². The standard InChI is InChI=1S/C14H26N2O2/c1-5-7-10-16(4)13(18)14(8-9-14)12(17)15-11(3)6-2/h11H,5-10H2,1-4H3,(H,15,17). The van der Waals surface area contributed by atoms with Gasteiger partial charge < -0.3 is 10.2 Å². The van der Waals surface area contributed by atoms with E-state index in [1.165, 1.54) is 0 Å².